The number of hydrogen-bond acceptors (Lipinski definition) is 3. The van der Waals surface area contributed by atoms with E-state index in [2.05, 4.69) is 5.16 Å². The topological polar surface area (TPSA) is 78.9 Å². The summed E-state index contributed by atoms with van der Waals surface area (Å²) < 4.78 is 0. The molecule has 6 heteroatoms. The number of nitrogens with zero attached hydrogens (tertiary/aromatic N) is 2. The minimum Gasteiger partial charge on any atom is -0.409 e. The van der Waals surface area contributed by atoms with Crippen molar-refractivity contribution in [2.45, 2.75) is 0 Å². The van der Waals surface area contributed by atoms with Gasteiger partial charge in [0.05, 0.1) is 6.54 Å². The maximum atomic E-state index is 11.8. The van der Waals surface area contributed by atoms with E-state index in [0.29, 0.717) is 10.6 Å². The van der Waals surface area contributed by atoms with Crippen LogP contribution in [-0.2, 0) is 0 Å². The first-order valence-electron chi connectivity index (χ1n) is 4.52. The van der Waals surface area contributed by atoms with Crippen molar-refractivity contribution in [1.82, 2.24) is 4.90 Å². The number of carbonyl (C=O) groups is 1. The summed E-state index contributed by atoms with van der Waals surface area (Å²) in [6, 6.07) is 6.58. The molecule has 0 saturated heterocycles. The highest BCUT2D eigenvalue weighted by Gasteiger charge is 2.12. The third-order valence-electron chi connectivity index (χ3n) is 1.95. The SMILES string of the molecule is CN(CC(N)=NO)C(=O)c1cccc(Cl)c1. The first-order chi connectivity index (χ1) is 7.54. The lowest BCUT2D eigenvalue weighted by Crippen LogP contribution is -2.35. The molecule has 0 spiro atoms. The third-order valence-corrected chi connectivity index (χ3v) is 2.18. The van der Waals surface area contributed by atoms with Gasteiger partial charge in [0, 0.05) is 17.6 Å². The van der Waals surface area contributed by atoms with E-state index in [0.717, 1.165) is 0 Å². The maximum absolute atomic E-state index is 11.8. The number of amidine groups is 1. The highest BCUT2D eigenvalue weighted by molar-refractivity contribution is 6.30. The molecule has 3 N–H and O–H groups in total. The zero-order valence-corrected chi connectivity index (χ0v) is 9.48. The van der Waals surface area contributed by atoms with Crippen LogP contribution in [0.25, 0.3) is 0 Å². The van der Waals surface area contributed by atoms with Gasteiger partial charge in [-0.15, -0.1) is 0 Å². The molecular formula is C10H12ClN3O2. The number of nitrogens with two attached hydrogens (primary N) is 1. The maximum Gasteiger partial charge on any atom is 0.254 e. The molecule has 1 amide bonds. The van der Waals surface area contributed by atoms with Crippen LogP contribution in [0.2, 0.25) is 5.02 Å². The summed E-state index contributed by atoms with van der Waals surface area (Å²) >= 11 is 5.77. The number of carbonyl (C=O) groups excluding carboxylic acids is 1. The Kier molecular flexibility index (Phi) is 4.13. The van der Waals surface area contributed by atoms with Crippen molar-refractivity contribution >= 4 is 23.3 Å². The van der Waals surface area contributed by atoms with E-state index in [1.165, 1.54) is 4.90 Å². The Bertz CT molecular complexity index is 420. The smallest absolute Gasteiger partial charge is 0.254 e. The zero-order valence-electron chi connectivity index (χ0n) is 8.72. The Morgan fingerprint density at radius 2 is 2.31 bits per heavy atom. The van der Waals surface area contributed by atoms with E-state index >= 15 is 0 Å². The van der Waals surface area contributed by atoms with Crippen molar-refractivity contribution in [1.29, 1.82) is 0 Å². The lowest BCUT2D eigenvalue weighted by Gasteiger charge is -2.16. The second-order valence-electron chi connectivity index (χ2n) is 3.26. The van der Waals surface area contributed by atoms with E-state index in [4.69, 9.17) is 22.5 Å². The Labute approximate surface area is 98.1 Å². The van der Waals surface area contributed by atoms with Gasteiger partial charge in [-0.3, -0.25) is 4.79 Å². The number of hydrogen-bond donors (Lipinski definition) is 2. The predicted octanol–water partition coefficient (Wildman–Crippen LogP) is 1.16. The van der Waals surface area contributed by atoms with Gasteiger partial charge in [0.15, 0.2) is 5.84 Å². The summed E-state index contributed by atoms with van der Waals surface area (Å²) in [6.07, 6.45) is 0. The van der Waals surface area contributed by atoms with E-state index in [1.807, 2.05) is 0 Å². The molecular weight excluding hydrogens is 230 g/mol. The number of likely N-dealkylation sites (N-methyl/N-ethyl adjacent to an activating group) is 1. The van der Waals surface area contributed by atoms with E-state index in [-0.39, 0.29) is 18.3 Å². The Morgan fingerprint density at radius 3 is 2.88 bits per heavy atom. The molecule has 0 bridgehead atoms. The van der Waals surface area contributed by atoms with E-state index < -0.39 is 0 Å². The number of oxime groups is 1. The van der Waals surface area contributed by atoms with Crippen molar-refractivity contribution in [3.63, 3.8) is 0 Å². The number of halogens is 1. The highest BCUT2D eigenvalue weighted by Crippen LogP contribution is 2.12. The van der Waals surface area contributed by atoms with Crippen LogP contribution in [0.3, 0.4) is 0 Å². The van der Waals surface area contributed by atoms with Crippen LogP contribution >= 0.6 is 11.6 Å². The van der Waals surface area contributed by atoms with Crippen molar-refractivity contribution in [3.05, 3.63) is 34.9 Å². The first kappa shape index (κ1) is 12.3. The van der Waals surface area contributed by atoms with Gasteiger partial charge in [0.25, 0.3) is 5.91 Å². The van der Waals surface area contributed by atoms with E-state index in [9.17, 15) is 4.79 Å². The molecule has 0 fully saturated rings. The molecule has 16 heavy (non-hydrogen) atoms. The van der Waals surface area contributed by atoms with Gasteiger partial charge < -0.3 is 15.8 Å². The summed E-state index contributed by atoms with van der Waals surface area (Å²) in [4.78, 5) is 13.2. The standard InChI is InChI=1S/C10H12ClN3O2/c1-14(6-9(12)13-16)10(15)7-3-2-4-8(11)5-7/h2-5,16H,6H2,1H3,(H2,12,13). The predicted molar refractivity (Wildman–Crippen MR) is 61.8 cm³/mol. The van der Waals surface area contributed by atoms with Crippen LogP contribution < -0.4 is 5.73 Å². The molecule has 0 atom stereocenters. The first-order valence-corrected chi connectivity index (χ1v) is 4.90. The van der Waals surface area contributed by atoms with Gasteiger partial charge >= 0.3 is 0 Å². The molecule has 0 heterocycles. The third kappa shape index (κ3) is 3.13. The fourth-order valence-electron chi connectivity index (χ4n) is 1.19. The Morgan fingerprint density at radius 1 is 1.62 bits per heavy atom. The van der Waals surface area contributed by atoms with Crippen LogP contribution in [0.15, 0.2) is 29.4 Å². The van der Waals surface area contributed by atoms with Gasteiger partial charge in [0.2, 0.25) is 0 Å². The molecule has 0 unspecified atom stereocenters. The van der Waals surface area contributed by atoms with Crippen molar-refractivity contribution < 1.29 is 10.0 Å². The second kappa shape index (κ2) is 5.37. The molecule has 86 valence electrons. The summed E-state index contributed by atoms with van der Waals surface area (Å²) in [5.74, 6) is -0.271. The number of amides is 1. The largest absolute Gasteiger partial charge is 0.409 e. The fraction of sp³-hybridized carbons (Fsp3) is 0.200. The molecule has 0 aliphatic carbocycles. The summed E-state index contributed by atoms with van der Waals surface area (Å²) in [5, 5.41) is 11.7. The van der Waals surface area contributed by atoms with Crippen molar-refractivity contribution in [2.75, 3.05) is 13.6 Å². The molecule has 0 saturated carbocycles. The van der Waals surface area contributed by atoms with Gasteiger partial charge in [0.1, 0.15) is 0 Å². The van der Waals surface area contributed by atoms with Gasteiger partial charge in [-0.05, 0) is 18.2 Å². The van der Waals surface area contributed by atoms with Crippen LogP contribution in [0.4, 0.5) is 0 Å². The molecule has 0 aliphatic rings. The minimum atomic E-state index is -0.242. The molecule has 1 aromatic carbocycles. The summed E-state index contributed by atoms with van der Waals surface area (Å²) in [6.45, 7) is 0.0574. The number of benzene rings is 1. The number of rotatable bonds is 3. The average molecular weight is 242 g/mol. The quantitative estimate of drug-likeness (QED) is 0.361. The molecule has 0 aromatic heterocycles. The van der Waals surface area contributed by atoms with Crippen molar-refractivity contribution in [3.8, 4) is 0 Å². The fourth-order valence-corrected chi connectivity index (χ4v) is 1.38. The lowest BCUT2D eigenvalue weighted by atomic mass is 10.2. The van der Waals surface area contributed by atoms with Crippen molar-refractivity contribution in [2.24, 2.45) is 10.9 Å². The van der Waals surface area contributed by atoms with Gasteiger partial charge in [-0.25, -0.2) is 0 Å². The monoisotopic (exact) mass is 241 g/mol. The molecule has 1 rings (SSSR count). The second-order valence-corrected chi connectivity index (χ2v) is 3.70. The normalized spacial score (nSPS) is 11.2. The van der Waals surface area contributed by atoms with Crippen LogP contribution in [-0.4, -0.2) is 35.4 Å². The lowest BCUT2D eigenvalue weighted by molar-refractivity contribution is 0.0813. The van der Waals surface area contributed by atoms with Gasteiger partial charge in [-0.1, -0.05) is 22.8 Å². The average Bonchev–Trinajstić information content (AvgIpc) is 2.27. The molecule has 5 nitrogen and oxygen atoms in total. The molecule has 0 radical (unpaired) electrons. The van der Waals surface area contributed by atoms with Crippen LogP contribution in [0, 0.1) is 0 Å². The Hall–Kier alpha value is -1.75. The van der Waals surface area contributed by atoms with Crippen LogP contribution in [0.5, 0.6) is 0 Å². The summed E-state index contributed by atoms with van der Waals surface area (Å²) in [7, 11) is 1.56. The minimum absolute atomic E-state index is 0.0297. The van der Waals surface area contributed by atoms with Crippen LogP contribution in [0.1, 0.15) is 10.4 Å². The Balaban J connectivity index is 2.78. The summed E-state index contributed by atoms with van der Waals surface area (Å²) in [5.41, 5.74) is 5.76. The molecule has 0 aliphatic heterocycles. The zero-order chi connectivity index (χ0) is 12.1. The highest BCUT2D eigenvalue weighted by atomic mass is 35.5. The van der Waals surface area contributed by atoms with Gasteiger partial charge in [-0.2, -0.15) is 0 Å². The van der Waals surface area contributed by atoms with E-state index in [1.54, 1.807) is 31.3 Å². The molecule has 1 aromatic rings.